The SMILES string of the molecule is CN(C(=O)C12CC3CC(CC(C3)C1)C2)C1CCNC1.Cl. The van der Waals surface area contributed by atoms with Crippen molar-refractivity contribution in [3.05, 3.63) is 0 Å². The summed E-state index contributed by atoms with van der Waals surface area (Å²) >= 11 is 0. The fourth-order valence-corrected chi connectivity index (χ4v) is 5.88. The fourth-order valence-electron chi connectivity index (χ4n) is 5.88. The maximum absolute atomic E-state index is 13.1. The molecule has 1 saturated heterocycles. The number of rotatable bonds is 2. The van der Waals surface area contributed by atoms with Crippen molar-refractivity contribution in [1.29, 1.82) is 0 Å². The molecule has 1 aliphatic heterocycles. The van der Waals surface area contributed by atoms with Crippen molar-refractivity contribution < 1.29 is 4.79 Å². The molecule has 114 valence electrons. The molecule has 5 fully saturated rings. The Morgan fingerprint density at radius 2 is 1.65 bits per heavy atom. The van der Waals surface area contributed by atoms with E-state index in [1.54, 1.807) is 0 Å². The summed E-state index contributed by atoms with van der Waals surface area (Å²) in [5, 5.41) is 3.39. The second-order valence-corrected chi connectivity index (χ2v) is 7.76. The van der Waals surface area contributed by atoms with Gasteiger partial charge in [0.2, 0.25) is 5.91 Å². The van der Waals surface area contributed by atoms with Gasteiger partial charge in [0, 0.05) is 19.6 Å². The van der Waals surface area contributed by atoms with Gasteiger partial charge in [0.1, 0.15) is 0 Å². The number of nitrogens with zero attached hydrogens (tertiary/aromatic N) is 1. The standard InChI is InChI=1S/C16H26N2O.ClH/c1-18(14-2-3-17-10-14)15(19)16-7-11-4-12(8-16)6-13(5-11)9-16;/h11-14,17H,2-10H2,1H3;1H. The zero-order valence-electron chi connectivity index (χ0n) is 12.4. The minimum absolute atomic E-state index is 0. The van der Waals surface area contributed by atoms with Crippen molar-refractivity contribution in [2.45, 2.75) is 51.0 Å². The van der Waals surface area contributed by atoms with Gasteiger partial charge in [-0.3, -0.25) is 4.79 Å². The second-order valence-electron chi connectivity index (χ2n) is 7.76. The lowest BCUT2D eigenvalue weighted by molar-refractivity contribution is -0.158. The molecule has 1 amide bonds. The minimum Gasteiger partial charge on any atom is -0.341 e. The number of carbonyl (C=O) groups is 1. The summed E-state index contributed by atoms with van der Waals surface area (Å²) in [4.78, 5) is 15.2. The van der Waals surface area contributed by atoms with Gasteiger partial charge < -0.3 is 10.2 Å². The molecular formula is C16H27ClN2O. The normalized spacial score (nSPS) is 45.2. The molecule has 0 aromatic rings. The lowest BCUT2D eigenvalue weighted by Gasteiger charge is -2.56. The van der Waals surface area contributed by atoms with Crippen LogP contribution in [0.3, 0.4) is 0 Å². The van der Waals surface area contributed by atoms with Crippen LogP contribution in [0.1, 0.15) is 44.9 Å². The first kappa shape index (κ1) is 14.6. The van der Waals surface area contributed by atoms with Crippen molar-refractivity contribution in [1.82, 2.24) is 10.2 Å². The van der Waals surface area contributed by atoms with E-state index in [-0.39, 0.29) is 17.8 Å². The highest BCUT2D eigenvalue weighted by Crippen LogP contribution is 2.60. The lowest BCUT2D eigenvalue weighted by Crippen LogP contribution is -2.55. The first-order chi connectivity index (χ1) is 9.16. The third-order valence-electron chi connectivity index (χ3n) is 6.39. The van der Waals surface area contributed by atoms with Gasteiger partial charge in [-0.2, -0.15) is 0 Å². The Morgan fingerprint density at radius 1 is 1.10 bits per heavy atom. The predicted octanol–water partition coefficient (Wildman–Crippen LogP) is 2.44. The Balaban J connectivity index is 0.00000121. The van der Waals surface area contributed by atoms with E-state index in [9.17, 15) is 4.79 Å². The van der Waals surface area contributed by atoms with Crippen molar-refractivity contribution in [2.75, 3.05) is 20.1 Å². The molecule has 4 saturated carbocycles. The maximum atomic E-state index is 13.1. The summed E-state index contributed by atoms with van der Waals surface area (Å²) in [6.45, 7) is 2.07. The molecule has 1 atom stereocenters. The third-order valence-corrected chi connectivity index (χ3v) is 6.39. The van der Waals surface area contributed by atoms with Crippen LogP contribution in [-0.4, -0.2) is 37.0 Å². The number of amides is 1. The molecule has 0 radical (unpaired) electrons. The number of likely N-dealkylation sites (N-methyl/N-ethyl adjacent to an activating group) is 1. The molecule has 0 aromatic carbocycles. The number of hydrogen-bond donors (Lipinski definition) is 1. The van der Waals surface area contributed by atoms with Gasteiger partial charge in [-0.1, -0.05) is 0 Å². The van der Waals surface area contributed by atoms with Crippen LogP contribution in [0.5, 0.6) is 0 Å². The summed E-state index contributed by atoms with van der Waals surface area (Å²) in [5.41, 5.74) is 0.0477. The van der Waals surface area contributed by atoms with E-state index in [1.165, 1.54) is 38.5 Å². The molecule has 1 N–H and O–H groups in total. The van der Waals surface area contributed by atoms with Crippen LogP contribution in [0.15, 0.2) is 0 Å². The predicted molar refractivity (Wildman–Crippen MR) is 81.9 cm³/mol. The average Bonchev–Trinajstić information content (AvgIpc) is 2.89. The Kier molecular flexibility index (Phi) is 3.79. The molecule has 1 heterocycles. The molecule has 4 heteroatoms. The van der Waals surface area contributed by atoms with Gasteiger partial charge in [-0.25, -0.2) is 0 Å². The van der Waals surface area contributed by atoms with E-state index in [2.05, 4.69) is 17.3 Å². The number of nitrogens with one attached hydrogen (secondary N) is 1. The molecular weight excluding hydrogens is 272 g/mol. The molecule has 1 unspecified atom stereocenters. The van der Waals surface area contributed by atoms with E-state index < -0.39 is 0 Å². The molecule has 3 nitrogen and oxygen atoms in total. The highest BCUT2D eigenvalue weighted by Gasteiger charge is 2.55. The Hall–Kier alpha value is -0.280. The van der Waals surface area contributed by atoms with Gasteiger partial charge in [0.25, 0.3) is 0 Å². The van der Waals surface area contributed by atoms with Crippen molar-refractivity contribution >= 4 is 18.3 Å². The van der Waals surface area contributed by atoms with Gasteiger partial charge in [-0.05, 0) is 69.2 Å². The maximum Gasteiger partial charge on any atom is 0.228 e. The van der Waals surface area contributed by atoms with Crippen LogP contribution in [0.25, 0.3) is 0 Å². The van der Waals surface area contributed by atoms with E-state index >= 15 is 0 Å². The Bertz CT molecular complexity index is 357. The summed E-state index contributed by atoms with van der Waals surface area (Å²) in [6, 6.07) is 0.445. The molecule has 5 aliphatic rings. The first-order valence-electron chi connectivity index (χ1n) is 8.14. The molecule has 20 heavy (non-hydrogen) atoms. The molecule has 5 rings (SSSR count). The summed E-state index contributed by atoms with van der Waals surface area (Å²) in [6.07, 6.45) is 8.98. The zero-order chi connectivity index (χ0) is 13.0. The monoisotopic (exact) mass is 298 g/mol. The lowest BCUT2D eigenvalue weighted by atomic mass is 9.49. The van der Waals surface area contributed by atoms with Crippen molar-refractivity contribution in [2.24, 2.45) is 23.2 Å². The highest BCUT2D eigenvalue weighted by atomic mass is 35.5. The van der Waals surface area contributed by atoms with E-state index in [4.69, 9.17) is 0 Å². The van der Waals surface area contributed by atoms with Gasteiger partial charge in [0.05, 0.1) is 5.41 Å². The topological polar surface area (TPSA) is 32.3 Å². The van der Waals surface area contributed by atoms with E-state index in [0.29, 0.717) is 11.9 Å². The molecule has 0 aromatic heterocycles. The van der Waals surface area contributed by atoms with Crippen LogP contribution in [-0.2, 0) is 4.79 Å². The zero-order valence-corrected chi connectivity index (χ0v) is 13.3. The quantitative estimate of drug-likeness (QED) is 0.849. The number of carbonyl (C=O) groups excluding carboxylic acids is 1. The minimum atomic E-state index is 0. The molecule has 4 bridgehead atoms. The largest absolute Gasteiger partial charge is 0.341 e. The van der Waals surface area contributed by atoms with Crippen LogP contribution in [0.2, 0.25) is 0 Å². The smallest absolute Gasteiger partial charge is 0.228 e. The fraction of sp³-hybridized carbons (Fsp3) is 0.938. The van der Waals surface area contributed by atoms with Crippen LogP contribution in [0, 0.1) is 23.2 Å². The van der Waals surface area contributed by atoms with Crippen LogP contribution < -0.4 is 5.32 Å². The van der Waals surface area contributed by atoms with E-state index in [1.807, 2.05) is 0 Å². The van der Waals surface area contributed by atoms with Gasteiger partial charge in [0.15, 0.2) is 0 Å². The average molecular weight is 299 g/mol. The summed E-state index contributed by atoms with van der Waals surface area (Å²) in [7, 11) is 2.05. The van der Waals surface area contributed by atoms with Crippen molar-refractivity contribution in [3.63, 3.8) is 0 Å². The summed E-state index contributed by atoms with van der Waals surface area (Å²) < 4.78 is 0. The van der Waals surface area contributed by atoms with E-state index in [0.717, 1.165) is 37.3 Å². The molecule has 4 aliphatic carbocycles. The number of halogens is 1. The van der Waals surface area contributed by atoms with Crippen molar-refractivity contribution in [3.8, 4) is 0 Å². The first-order valence-corrected chi connectivity index (χ1v) is 8.14. The second kappa shape index (κ2) is 5.17. The van der Waals surface area contributed by atoms with Crippen LogP contribution in [0.4, 0.5) is 0 Å². The number of hydrogen-bond acceptors (Lipinski definition) is 2. The molecule has 0 spiro atoms. The summed E-state index contributed by atoms with van der Waals surface area (Å²) in [5.74, 6) is 3.08. The third kappa shape index (κ3) is 2.18. The Labute approximate surface area is 128 Å². The van der Waals surface area contributed by atoms with Gasteiger partial charge in [-0.15, -0.1) is 12.4 Å². The van der Waals surface area contributed by atoms with Crippen LogP contribution >= 0.6 is 12.4 Å². The Morgan fingerprint density at radius 3 is 2.10 bits per heavy atom. The van der Waals surface area contributed by atoms with Gasteiger partial charge >= 0.3 is 0 Å². The highest BCUT2D eigenvalue weighted by molar-refractivity contribution is 5.85.